The van der Waals surface area contributed by atoms with Crippen LogP contribution in [-0.4, -0.2) is 30.9 Å². The largest absolute Gasteiger partial charge is 0.339 e. The fourth-order valence-corrected chi connectivity index (χ4v) is 3.79. The highest BCUT2D eigenvalue weighted by atomic mass is 16.2. The Bertz CT molecular complexity index is 494. The Balaban J connectivity index is 1.55. The molecular formula is C18H26N2O. The molecular weight excluding hydrogens is 260 g/mol. The summed E-state index contributed by atoms with van der Waals surface area (Å²) in [7, 11) is 1.98. The number of benzene rings is 1. The molecule has 1 N–H and O–H groups in total. The van der Waals surface area contributed by atoms with Crippen molar-refractivity contribution < 1.29 is 4.79 Å². The smallest absolute Gasteiger partial charge is 0.222 e. The van der Waals surface area contributed by atoms with E-state index in [1.54, 1.807) is 0 Å². The Morgan fingerprint density at radius 2 is 2.19 bits per heavy atom. The van der Waals surface area contributed by atoms with Crippen molar-refractivity contribution in [1.82, 2.24) is 10.2 Å². The van der Waals surface area contributed by atoms with E-state index in [4.69, 9.17) is 0 Å². The zero-order valence-corrected chi connectivity index (χ0v) is 13.0. The molecule has 0 saturated carbocycles. The molecule has 1 heterocycles. The van der Waals surface area contributed by atoms with Crippen LogP contribution in [0.2, 0.25) is 0 Å². The number of hydrogen-bond acceptors (Lipinski definition) is 2. The van der Waals surface area contributed by atoms with Crippen LogP contribution in [-0.2, 0) is 11.2 Å². The maximum atomic E-state index is 12.5. The van der Waals surface area contributed by atoms with Crippen molar-refractivity contribution in [2.45, 2.75) is 44.6 Å². The van der Waals surface area contributed by atoms with Gasteiger partial charge in [-0.05, 0) is 62.2 Å². The Hall–Kier alpha value is -1.35. The second-order valence-electron chi connectivity index (χ2n) is 6.51. The zero-order valence-electron chi connectivity index (χ0n) is 13.0. The molecule has 3 heteroatoms. The molecule has 1 aromatic carbocycles. The van der Waals surface area contributed by atoms with Gasteiger partial charge in [0.1, 0.15) is 0 Å². The van der Waals surface area contributed by atoms with E-state index in [0.29, 0.717) is 18.2 Å². The first-order valence-corrected chi connectivity index (χ1v) is 8.30. The van der Waals surface area contributed by atoms with Gasteiger partial charge in [-0.15, -0.1) is 0 Å². The van der Waals surface area contributed by atoms with Gasteiger partial charge in [0.05, 0.1) is 6.04 Å². The fourth-order valence-electron chi connectivity index (χ4n) is 3.79. The summed E-state index contributed by atoms with van der Waals surface area (Å²) in [6.07, 6.45) is 6.44. The van der Waals surface area contributed by atoms with Crippen LogP contribution in [0.4, 0.5) is 0 Å². The van der Waals surface area contributed by atoms with Gasteiger partial charge in [-0.1, -0.05) is 24.3 Å². The van der Waals surface area contributed by atoms with E-state index in [9.17, 15) is 4.79 Å². The average molecular weight is 286 g/mol. The lowest BCUT2D eigenvalue weighted by molar-refractivity contribution is -0.132. The lowest BCUT2D eigenvalue weighted by atomic mass is 9.94. The van der Waals surface area contributed by atoms with Crippen LogP contribution in [0.3, 0.4) is 0 Å². The molecule has 1 amide bonds. The number of nitrogens with zero attached hydrogens (tertiary/aromatic N) is 1. The number of hydrogen-bond donors (Lipinski definition) is 1. The molecule has 3 nitrogen and oxygen atoms in total. The molecule has 21 heavy (non-hydrogen) atoms. The van der Waals surface area contributed by atoms with Gasteiger partial charge < -0.3 is 10.2 Å². The molecule has 1 aromatic rings. The first-order chi connectivity index (χ1) is 10.3. The Morgan fingerprint density at radius 3 is 3.00 bits per heavy atom. The van der Waals surface area contributed by atoms with Crippen molar-refractivity contribution in [3.8, 4) is 0 Å². The van der Waals surface area contributed by atoms with E-state index in [-0.39, 0.29) is 6.04 Å². The first kappa shape index (κ1) is 14.6. The monoisotopic (exact) mass is 286 g/mol. The summed E-state index contributed by atoms with van der Waals surface area (Å²) in [6, 6.07) is 8.85. The highest BCUT2D eigenvalue weighted by Crippen LogP contribution is 2.35. The second-order valence-corrected chi connectivity index (χ2v) is 6.51. The van der Waals surface area contributed by atoms with E-state index in [1.165, 1.54) is 24.0 Å². The van der Waals surface area contributed by atoms with Gasteiger partial charge in [-0.25, -0.2) is 0 Å². The third-order valence-electron chi connectivity index (χ3n) is 5.13. The second kappa shape index (κ2) is 6.61. The standard InChI is InChI=1S/C18H26N2O/c1-20(17-10-9-15-6-2-3-7-16(15)17)18(21)11-8-14-5-4-12-19-13-14/h2-3,6-7,14,17,19H,4-5,8-13H2,1H3. The Kier molecular flexibility index (Phi) is 4.59. The number of piperidine rings is 1. The zero-order chi connectivity index (χ0) is 14.7. The molecule has 1 aliphatic carbocycles. The molecule has 2 aliphatic rings. The summed E-state index contributed by atoms with van der Waals surface area (Å²) >= 11 is 0. The first-order valence-electron chi connectivity index (χ1n) is 8.30. The minimum Gasteiger partial charge on any atom is -0.339 e. The van der Waals surface area contributed by atoms with Gasteiger partial charge in [0.25, 0.3) is 0 Å². The maximum Gasteiger partial charge on any atom is 0.222 e. The van der Waals surface area contributed by atoms with Gasteiger partial charge in [-0.2, -0.15) is 0 Å². The van der Waals surface area contributed by atoms with Crippen molar-refractivity contribution in [3.63, 3.8) is 0 Å². The maximum absolute atomic E-state index is 12.5. The molecule has 1 saturated heterocycles. The Labute approximate surface area is 127 Å². The van der Waals surface area contributed by atoms with Crippen LogP contribution < -0.4 is 5.32 Å². The number of carbonyl (C=O) groups excluding carboxylic acids is 1. The average Bonchev–Trinajstić information content (AvgIpc) is 2.97. The number of amides is 1. The van der Waals surface area contributed by atoms with Crippen molar-refractivity contribution in [3.05, 3.63) is 35.4 Å². The normalized spacial score (nSPS) is 24.6. The van der Waals surface area contributed by atoms with Crippen molar-refractivity contribution >= 4 is 5.91 Å². The number of nitrogens with one attached hydrogen (secondary N) is 1. The SMILES string of the molecule is CN(C(=O)CCC1CCCNC1)C1CCc2ccccc21. The molecule has 2 atom stereocenters. The van der Waals surface area contributed by atoms with E-state index in [1.807, 2.05) is 11.9 Å². The van der Waals surface area contributed by atoms with Crippen LogP contribution in [0.25, 0.3) is 0 Å². The highest BCUT2D eigenvalue weighted by molar-refractivity contribution is 5.76. The van der Waals surface area contributed by atoms with E-state index >= 15 is 0 Å². The summed E-state index contributed by atoms with van der Waals surface area (Å²) in [5, 5.41) is 3.43. The minimum absolute atomic E-state index is 0.290. The van der Waals surface area contributed by atoms with Crippen molar-refractivity contribution in [1.29, 1.82) is 0 Å². The topological polar surface area (TPSA) is 32.3 Å². The lowest BCUT2D eigenvalue weighted by Crippen LogP contribution is -2.33. The van der Waals surface area contributed by atoms with Crippen molar-refractivity contribution in [2.75, 3.05) is 20.1 Å². The molecule has 1 fully saturated rings. The molecule has 0 bridgehead atoms. The predicted molar refractivity (Wildman–Crippen MR) is 85.1 cm³/mol. The number of rotatable bonds is 4. The summed E-state index contributed by atoms with van der Waals surface area (Å²) < 4.78 is 0. The number of fused-ring (bicyclic) bond motifs is 1. The Morgan fingerprint density at radius 1 is 1.33 bits per heavy atom. The van der Waals surface area contributed by atoms with Crippen LogP contribution >= 0.6 is 0 Å². The van der Waals surface area contributed by atoms with Gasteiger partial charge >= 0.3 is 0 Å². The highest BCUT2D eigenvalue weighted by Gasteiger charge is 2.28. The van der Waals surface area contributed by atoms with Crippen LogP contribution in [0.5, 0.6) is 0 Å². The molecule has 114 valence electrons. The summed E-state index contributed by atoms with van der Waals surface area (Å²) in [5.41, 5.74) is 2.77. The van der Waals surface area contributed by atoms with Gasteiger partial charge in [-0.3, -0.25) is 4.79 Å². The molecule has 0 aromatic heterocycles. The molecule has 0 radical (unpaired) electrons. The van der Waals surface area contributed by atoms with E-state index < -0.39 is 0 Å². The number of aryl methyl sites for hydroxylation is 1. The summed E-state index contributed by atoms with van der Waals surface area (Å²) in [4.78, 5) is 14.5. The molecule has 3 rings (SSSR count). The van der Waals surface area contributed by atoms with Gasteiger partial charge in [0.2, 0.25) is 5.91 Å². The van der Waals surface area contributed by atoms with E-state index in [2.05, 4.69) is 29.6 Å². The van der Waals surface area contributed by atoms with Crippen LogP contribution in [0.15, 0.2) is 24.3 Å². The van der Waals surface area contributed by atoms with Crippen LogP contribution in [0, 0.1) is 5.92 Å². The molecule has 2 unspecified atom stereocenters. The molecule has 1 aliphatic heterocycles. The van der Waals surface area contributed by atoms with Gasteiger partial charge in [0.15, 0.2) is 0 Å². The van der Waals surface area contributed by atoms with E-state index in [0.717, 1.165) is 32.4 Å². The predicted octanol–water partition coefficient (Wildman–Crippen LogP) is 2.91. The molecule has 0 spiro atoms. The fraction of sp³-hybridized carbons (Fsp3) is 0.611. The number of carbonyl (C=O) groups is 1. The quantitative estimate of drug-likeness (QED) is 0.923. The third-order valence-corrected chi connectivity index (χ3v) is 5.13. The summed E-state index contributed by atoms with van der Waals surface area (Å²) in [5.74, 6) is 0.995. The van der Waals surface area contributed by atoms with Crippen molar-refractivity contribution in [2.24, 2.45) is 5.92 Å². The lowest BCUT2D eigenvalue weighted by Gasteiger charge is -2.27. The minimum atomic E-state index is 0.290. The van der Waals surface area contributed by atoms with Gasteiger partial charge in [0, 0.05) is 13.5 Å². The van der Waals surface area contributed by atoms with Crippen LogP contribution in [0.1, 0.15) is 49.3 Å². The summed E-state index contributed by atoms with van der Waals surface area (Å²) in [6.45, 7) is 2.23. The third kappa shape index (κ3) is 3.29.